The van der Waals surface area contributed by atoms with Gasteiger partial charge in [-0.2, -0.15) is 0 Å². The highest BCUT2D eigenvalue weighted by molar-refractivity contribution is 6.34. The lowest BCUT2D eigenvalue weighted by molar-refractivity contribution is 0.102. The van der Waals surface area contributed by atoms with Gasteiger partial charge in [-0.05, 0) is 36.4 Å². The molecule has 1 aromatic heterocycles. The van der Waals surface area contributed by atoms with Crippen molar-refractivity contribution in [2.75, 3.05) is 12.4 Å². The minimum atomic E-state index is -0.322. The molecule has 1 amide bonds. The fourth-order valence-electron chi connectivity index (χ4n) is 2.20. The Balaban J connectivity index is 1.80. The molecule has 0 saturated heterocycles. The van der Waals surface area contributed by atoms with Gasteiger partial charge in [0.2, 0.25) is 0 Å². The standard InChI is InChI=1S/C19H15ClN4O2/c1-26-17-12-13(23-24-18-8-4-5-11-21-18)9-10-16(17)22-19(25)14-6-2-3-7-15(14)20/h2-12H,1H3,(H,22,25). The normalized spacial score (nSPS) is 10.7. The zero-order chi connectivity index (χ0) is 18.4. The molecule has 0 atom stereocenters. The second kappa shape index (κ2) is 8.22. The van der Waals surface area contributed by atoms with Crippen LogP contribution < -0.4 is 10.1 Å². The molecule has 0 aliphatic rings. The number of hydrogen-bond acceptors (Lipinski definition) is 5. The molecule has 130 valence electrons. The SMILES string of the molecule is COc1cc(N=Nc2ccccn2)ccc1NC(=O)c1ccccc1Cl. The van der Waals surface area contributed by atoms with E-state index in [0.29, 0.717) is 33.5 Å². The van der Waals surface area contributed by atoms with E-state index in [0.717, 1.165) is 0 Å². The predicted molar refractivity (Wildman–Crippen MR) is 101 cm³/mol. The van der Waals surface area contributed by atoms with Crippen LogP contribution in [0.2, 0.25) is 5.02 Å². The van der Waals surface area contributed by atoms with Crippen molar-refractivity contribution in [3.8, 4) is 5.75 Å². The third kappa shape index (κ3) is 4.23. The van der Waals surface area contributed by atoms with Crippen LogP contribution in [0.1, 0.15) is 10.4 Å². The summed E-state index contributed by atoms with van der Waals surface area (Å²) in [6.45, 7) is 0. The predicted octanol–water partition coefficient (Wildman–Crippen LogP) is 5.41. The number of hydrogen-bond donors (Lipinski definition) is 1. The van der Waals surface area contributed by atoms with E-state index in [1.54, 1.807) is 60.8 Å². The first-order chi connectivity index (χ1) is 12.7. The summed E-state index contributed by atoms with van der Waals surface area (Å²) in [5, 5.41) is 11.3. The molecule has 0 aliphatic carbocycles. The summed E-state index contributed by atoms with van der Waals surface area (Å²) in [5.74, 6) is 0.641. The van der Waals surface area contributed by atoms with E-state index in [1.165, 1.54) is 7.11 Å². The number of pyridine rings is 1. The van der Waals surface area contributed by atoms with Gasteiger partial charge in [-0.25, -0.2) is 4.98 Å². The fraction of sp³-hybridized carbons (Fsp3) is 0.0526. The number of amides is 1. The lowest BCUT2D eigenvalue weighted by Crippen LogP contribution is -2.13. The van der Waals surface area contributed by atoms with Gasteiger partial charge in [0.1, 0.15) is 5.75 Å². The number of nitrogens with one attached hydrogen (secondary N) is 1. The van der Waals surface area contributed by atoms with E-state index < -0.39 is 0 Å². The topological polar surface area (TPSA) is 75.9 Å². The van der Waals surface area contributed by atoms with Crippen LogP contribution in [0, 0.1) is 0 Å². The average molecular weight is 367 g/mol. The third-order valence-electron chi connectivity index (χ3n) is 3.47. The highest BCUT2D eigenvalue weighted by Gasteiger charge is 2.13. The molecule has 7 heteroatoms. The van der Waals surface area contributed by atoms with Crippen molar-refractivity contribution < 1.29 is 9.53 Å². The third-order valence-corrected chi connectivity index (χ3v) is 3.80. The van der Waals surface area contributed by atoms with E-state index in [2.05, 4.69) is 20.5 Å². The molecule has 0 fully saturated rings. The molecule has 0 radical (unpaired) electrons. The lowest BCUT2D eigenvalue weighted by Gasteiger charge is -2.11. The number of halogens is 1. The summed E-state index contributed by atoms with van der Waals surface area (Å²) in [6, 6.07) is 17.3. The van der Waals surface area contributed by atoms with Crippen molar-refractivity contribution >= 4 is 34.7 Å². The molecule has 0 spiro atoms. The van der Waals surface area contributed by atoms with Crippen LogP contribution in [0.5, 0.6) is 5.75 Å². The molecule has 0 aliphatic heterocycles. The van der Waals surface area contributed by atoms with E-state index >= 15 is 0 Å². The molecular weight excluding hydrogens is 352 g/mol. The first-order valence-corrected chi connectivity index (χ1v) is 8.12. The number of anilines is 1. The molecule has 3 rings (SSSR count). The number of carbonyl (C=O) groups excluding carboxylic acids is 1. The van der Waals surface area contributed by atoms with Gasteiger partial charge in [0.05, 0.1) is 29.1 Å². The molecule has 6 nitrogen and oxygen atoms in total. The highest BCUT2D eigenvalue weighted by atomic mass is 35.5. The smallest absolute Gasteiger partial charge is 0.257 e. The van der Waals surface area contributed by atoms with Gasteiger partial charge >= 0.3 is 0 Å². The highest BCUT2D eigenvalue weighted by Crippen LogP contribution is 2.31. The van der Waals surface area contributed by atoms with Gasteiger partial charge in [-0.15, -0.1) is 10.2 Å². The summed E-state index contributed by atoms with van der Waals surface area (Å²) in [4.78, 5) is 16.5. The second-order valence-electron chi connectivity index (χ2n) is 5.21. The lowest BCUT2D eigenvalue weighted by atomic mass is 10.2. The van der Waals surface area contributed by atoms with Crippen LogP contribution in [0.15, 0.2) is 77.1 Å². The van der Waals surface area contributed by atoms with Crippen molar-refractivity contribution in [2.45, 2.75) is 0 Å². The Bertz CT molecular complexity index is 945. The van der Waals surface area contributed by atoms with Gasteiger partial charge in [-0.3, -0.25) is 4.79 Å². The van der Waals surface area contributed by atoms with Crippen LogP contribution in [0.3, 0.4) is 0 Å². The zero-order valence-corrected chi connectivity index (χ0v) is 14.6. The maximum atomic E-state index is 12.4. The second-order valence-corrected chi connectivity index (χ2v) is 5.61. The van der Waals surface area contributed by atoms with Crippen LogP contribution in [0.4, 0.5) is 17.2 Å². The monoisotopic (exact) mass is 366 g/mol. The molecule has 1 heterocycles. The number of ether oxygens (including phenoxy) is 1. The van der Waals surface area contributed by atoms with Crippen molar-refractivity contribution in [1.82, 2.24) is 4.98 Å². The van der Waals surface area contributed by atoms with E-state index in [4.69, 9.17) is 16.3 Å². The van der Waals surface area contributed by atoms with E-state index in [9.17, 15) is 4.79 Å². The van der Waals surface area contributed by atoms with Crippen LogP contribution in [-0.2, 0) is 0 Å². The van der Waals surface area contributed by atoms with Gasteiger partial charge in [-0.1, -0.05) is 29.8 Å². The minimum absolute atomic E-state index is 0.322. The maximum absolute atomic E-state index is 12.4. The first kappa shape index (κ1) is 17.6. The van der Waals surface area contributed by atoms with Crippen molar-refractivity contribution in [1.29, 1.82) is 0 Å². The minimum Gasteiger partial charge on any atom is -0.494 e. The van der Waals surface area contributed by atoms with Crippen molar-refractivity contribution in [3.05, 3.63) is 77.4 Å². The van der Waals surface area contributed by atoms with Gasteiger partial charge in [0.25, 0.3) is 5.91 Å². The largest absolute Gasteiger partial charge is 0.494 e. The molecule has 0 saturated carbocycles. The zero-order valence-electron chi connectivity index (χ0n) is 13.9. The number of benzene rings is 2. The Morgan fingerprint density at radius 3 is 2.62 bits per heavy atom. The Labute approximate surface area is 155 Å². The molecule has 1 N–H and O–H groups in total. The van der Waals surface area contributed by atoms with Gasteiger partial charge in [0.15, 0.2) is 5.82 Å². The summed E-state index contributed by atoms with van der Waals surface area (Å²) < 4.78 is 5.34. The maximum Gasteiger partial charge on any atom is 0.257 e. The number of rotatable bonds is 5. The van der Waals surface area contributed by atoms with E-state index in [1.807, 2.05) is 6.07 Å². The molecule has 0 unspecified atom stereocenters. The quantitative estimate of drug-likeness (QED) is 0.613. The van der Waals surface area contributed by atoms with Crippen LogP contribution >= 0.6 is 11.6 Å². The van der Waals surface area contributed by atoms with Crippen LogP contribution in [-0.4, -0.2) is 18.0 Å². The van der Waals surface area contributed by atoms with Crippen LogP contribution in [0.25, 0.3) is 0 Å². The Morgan fingerprint density at radius 1 is 1.08 bits per heavy atom. The first-order valence-electron chi connectivity index (χ1n) is 7.74. The number of carbonyl (C=O) groups is 1. The van der Waals surface area contributed by atoms with E-state index in [-0.39, 0.29) is 5.91 Å². The van der Waals surface area contributed by atoms with Crippen molar-refractivity contribution in [3.63, 3.8) is 0 Å². The fourth-order valence-corrected chi connectivity index (χ4v) is 2.42. The number of azo groups is 1. The Kier molecular flexibility index (Phi) is 5.56. The molecule has 3 aromatic rings. The number of aromatic nitrogens is 1. The summed E-state index contributed by atoms with van der Waals surface area (Å²) in [6.07, 6.45) is 1.64. The average Bonchev–Trinajstić information content (AvgIpc) is 2.68. The Hall–Kier alpha value is -3.25. The van der Waals surface area contributed by atoms with Crippen molar-refractivity contribution in [2.24, 2.45) is 10.2 Å². The van der Waals surface area contributed by atoms with Gasteiger partial charge < -0.3 is 10.1 Å². The number of nitrogens with zero attached hydrogens (tertiary/aromatic N) is 3. The summed E-state index contributed by atoms with van der Waals surface area (Å²) >= 11 is 6.06. The van der Waals surface area contributed by atoms with Gasteiger partial charge in [0, 0.05) is 12.3 Å². The number of methoxy groups -OCH3 is 1. The summed E-state index contributed by atoms with van der Waals surface area (Å²) in [7, 11) is 1.51. The molecule has 0 bridgehead atoms. The molecule has 2 aromatic carbocycles. The Morgan fingerprint density at radius 2 is 1.88 bits per heavy atom. The molecule has 26 heavy (non-hydrogen) atoms. The molecular formula is C19H15ClN4O2. The summed E-state index contributed by atoms with van der Waals surface area (Å²) in [5.41, 5.74) is 1.47.